The number of hydrogen-bond acceptors (Lipinski definition) is 3. The Kier molecular flexibility index (Phi) is 5.83. The number of hydrogen-bond donors (Lipinski definition) is 0. The third-order valence-electron chi connectivity index (χ3n) is 10.2. The average molecular weight is 657 g/mol. The summed E-state index contributed by atoms with van der Waals surface area (Å²) < 4.78 is 11.4. The van der Waals surface area contributed by atoms with Gasteiger partial charge in [-0.2, -0.15) is 0 Å². The zero-order valence-corrected chi connectivity index (χ0v) is 27.7. The van der Waals surface area contributed by atoms with Crippen molar-refractivity contribution in [3.05, 3.63) is 170 Å². The van der Waals surface area contributed by atoms with E-state index in [1.807, 2.05) is 23.5 Å². The summed E-state index contributed by atoms with van der Waals surface area (Å²) >= 11 is 1.86. The van der Waals surface area contributed by atoms with Crippen molar-refractivity contribution in [3.8, 4) is 5.69 Å². The second-order valence-electron chi connectivity index (χ2n) is 12.9. The molecule has 0 atom stereocenters. The fourth-order valence-corrected chi connectivity index (χ4v) is 9.12. The second kappa shape index (κ2) is 10.6. The molecule has 0 unspecified atom stereocenters. The number of anilines is 3. The number of fused-ring (bicyclic) bond motifs is 11. The van der Waals surface area contributed by atoms with E-state index in [-0.39, 0.29) is 0 Å². The number of aromatic nitrogens is 1. The Bertz CT molecular complexity index is 3110. The van der Waals surface area contributed by atoms with Crippen molar-refractivity contribution < 1.29 is 4.42 Å². The average Bonchev–Trinajstić information content (AvgIpc) is 3.85. The highest BCUT2D eigenvalue weighted by molar-refractivity contribution is 7.26. The number of rotatable bonds is 4. The van der Waals surface area contributed by atoms with Gasteiger partial charge in [0.15, 0.2) is 0 Å². The molecule has 3 nitrogen and oxygen atoms in total. The summed E-state index contributed by atoms with van der Waals surface area (Å²) in [5.74, 6) is 0. The standard InChI is InChI=1S/C46H28N2OS/c1-2-11-29(12-3-1)48-40-17-7-4-13-32(40)38-27-30(22-25-41(38)48)47(31-21-23-35-34-14-5-8-19-42(34)49-43(35)28-31)39-18-10-16-36-33(39)24-26-45-46(36)37-15-6-9-20-44(37)50-45/h1-28H. The van der Waals surface area contributed by atoms with Crippen LogP contribution in [0, 0.1) is 0 Å². The molecular formula is C46H28N2OS. The molecule has 3 aromatic heterocycles. The lowest BCUT2D eigenvalue weighted by atomic mass is 10.0. The minimum Gasteiger partial charge on any atom is -0.456 e. The van der Waals surface area contributed by atoms with Gasteiger partial charge < -0.3 is 13.9 Å². The van der Waals surface area contributed by atoms with Gasteiger partial charge in [-0.15, -0.1) is 11.3 Å². The number of thiophene rings is 1. The van der Waals surface area contributed by atoms with Crippen LogP contribution in [-0.4, -0.2) is 4.57 Å². The van der Waals surface area contributed by atoms with Crippen LogP contribution in [0.4, 0.5) is 17.1 Å². The normalized spacial score (nSPS) is 12.0. The molecule has 11 aromatic rings. The number of nitrogens with zero attached hydrogens (tertiary/aromatic N) is 2. The van der Waals surface area contributed by atoms with Gasteiger partial charge in [-0.1, -0.05) is 91.0 Å². The highest BCUT2D eigenvalue weighted by Crippen LogP contribution is 2.46. The molecule has 0 N–H and O–H groups in total. The van der Waals surface area contributed by atoms with E-state index in [0.717, 1.165) is 44.7 Å². The summed E-state index contributed by atoms with van der Waals surface area (Å²) in [6, 6.07) is 61.3. The molecule has 50 heavy (non-hydrogen) atoms. The highest BCUT2D eigenvalue weighted by Gasteiger charge is 2.21. The molecule has 8 aromatic carbocycles. The van der Waals surface area contributed by atoms with Gasteiger partial charge in [-0.05, 0) is 78.2 Å². The fraction of sp³-hybridized carbons (Fsp3) is 0. The Hall–Kier alpha value is -6.36. The van der Waals surface area contributed by atoms with Gasteiger partial charge in [-0.25, -0.2) is 0 Å². The van der Waals surface area contributed by atoms with E-state index >= 15 is 0 Å². The van der Waals surface area contributed by atoms with Crippen molar-refractivity contribution in [2.24, 2.45) is 0 Å². The maximum absolute atomic E-state index is 6.45. The predicted octanol–water partition coefficient (Wildman–Crippen LogP) is 13.7. The van der Waals surface area contributed by atoms with Crippen LogP contribution in [0.5, 0.6) is 0 Å². The summed E-state index contributed by atoms with van der Waals surface area (Å²) in [5.41, 5.74) is 8.56. The van der Waals surface area contributed by atoms with E-state index in [9.17, 15) is 0 Å². The lowest BCUT2D eigenvalue weighted by Gasteiger charge is -2.27. The molecule has 0 radical (unpaired) electrons. The lowest BCUT2D eigenvalue weighted by molar-refractivity contribution is 0.669. The van der Waals surface area contributed by atoms with Crippen LogP contribution in [-0.2, 0) is 0 Å². The van der Waals surface area contributed by atoms with Crippen molar-refractivity contribution in [2.45, 2.75) is 0 Å². The summed E-state index contributed by atoms with van der Waals surface area (Å²) in [6.45, 7) is 0. The SMILES string of the molecule is c1ccc(-n2c3ccccc3c3cc(N(c4ccc5c(c4)oc4ccccc45)c4cccc5c4ccc4sc6ccccc6c45)ccc32)cc1. The zero-order chi connectivity index (χ0) is 32.8. The third-order valence-corrected chi connectivity index (χ3v) is 11.3. The summed E-state index contributed by atoms with van der Waals surface area (Å²) in [6.07, 6.45) is 0. The van der Waals surface area contributed by atoms with Crippen LogP contribution in [0.25, 0.3) is 80.4 Å². The maximum Gasteiger partial charge on any atom is 0.137 e. The van der Waals surface area contributed by atoms with Gasteiger partial charge >= 0.3 is 0 Å². The Balaban J connectivity index is 1.21. The number of furan rings is 1. The summed E-state index contributed by atoms with van der Waals surface area (Å²) in [5, 5.41) is 9.78. The molecule has 4 heteroatoms. The minimum absolute atomic E-state index is 0.877. The second-order valence-corrected chi connectivity index (χ2v) is 14.0. The molecule has 0 saturated carbocycles. The van der Waals surface area contributed by atoms with E-state index in [1.165, 1.54) is 52.8 Å². The van der Waals surface area contributed by atoms with Crippen LogP contribution in [0.15, 0.2) is 174 Å². The van der Waals surface area contributed by atoms with Crippen LogP contribution < -0.4 is 4.90 Å². The number of para-hydroxylation sites is 3. The Morgan fingerprint density at radius 3 is 2.02 bits per heavy atom. The summed E-state index contributed by atoms with van der Waals surface area (Å²) in [4.78, 5) is 2.41. The minimum atomic E-state index is 0.877. The molecule has 0 aliphatic rings. The first-order valence-corrected chi connectivity index (χ1v) is 17.7. The Labute approximate surface area is 291 Å². The molecule has 0 aliphatic carbocycles. The van der Waals surface area contributed by atoms with E-state index in [4.69, 9.17) is 4.42 Å². The van der Waals surface area contributed by atoms with Crippen molar-refractivity contribution in [3.63, 3.8) is 0 Å². The van der Waals surface area contributed by atoms with E-state index in [1.54, 1.807) is 0 Å². The smallest absolute Gasteiger partial charge is 0.137 e. The molecule has 0 aliphatic heterocycles. The first-order valence-electron chi connectivity index (χ1n) is 16.9. The van der Waals surface area contributed by atoms with Crippen molar-refractivity contribution in [2.75, 3.05) is 4.90 Å². The monoisotopic (exact) mass is 656 g/mol. The van der Waals surface area contributed by atoms with E-state index in [2.05, 4.69) is 167 Å². The molecule has 11 rings (SSSR count). The number of benzene rings is 8. The van der Waals surface area contributed by atoms with Crippen LogP contribution in [0.2, 0.25) is 0 Å². The van der Waals surface area contributed by atoms with Gasteiger partial charge in [0.1, 0.15) is 11.2 Å². The van der Waals surface area contributed by atoms with Crippen molar-refractivity contribution in [1.29, 1.82) is 0 Å². The molecule has 0 amide bonds. The lowest BCUT2D eigenvalue weighted by Crippen LogP contribution is -2.10. The Morgan fingerprint density at radius 2 is 1.10 bits per heavy atom. The summed E-state index contributed by atoms with van der Waals surface area (Å²) in [7, 11) is 0. The van der Waals surface area contributed by atoms with Gasteiger partial charge in [0.25, 0.3) is 0 Å². The third kappa shape index (κ3) is 3.97. The maximum atomic E-state index is 6.45. The van der Waals surface area contributed by atoms with Gasteiger partial charge in [0.2, 0.25) is 0 Å². The molecule has 0 fully saturated rings. The van der Waals surface area contributed by atoms with Gasteiger partial charge in [0, 0.05) is 70.2 Å². The van der Waals surface area contributed by atoms with Gasteiger partial charge in [0.05, 0.1) is 16.7 Å². The van der Waals surface area contributed by atoms with E-state index < -0.39 is 0 Å². The molecule has 234 valence electrons. The molecular weight excluding hydrogens is 629 g/mol. The molecule has 0 saturated heterocycles. The zero-order valence-electron chi connectivity index (χ0n) is 26.9. The molecule has 0 bridgehead atoms. The van der Waals surface area contributed by atoms with Crippen LogP contribution in [0.1, 0.15) is 0 Å². The molecule has 3 heterocycles. The largest absolute Gasteiger partial charge is 0.456 e. The van der Waals surface area contributed by atoms with Crippen LogP contribution >= 0.6 is 11.3 Å². The van der Waals surface area contributed by atoms with Gasteiger partial charge in [-0.3, -0.25) is 0 Å². The van der Waals surface area contributed by atoms with Crippen molar-refractivity contribution >= 4 is 103 Å². The highest BCUT2D eigenvalue weighted by atomic mass is 32.1. The molecule has 0 spiro atoms. The predicted molar refractivity (Wildman–Crippen MR) is 213 cm³/mol. The van der Waals surface area contributed by atoms with Crippen molar-refractivity contribution in [1.82, 2.24) is 4.57 Å². The van der Waals surface area contributed by atoms with E-state index in [0.29, 0.717) is 0 Å². The Morgan fingerprint density at radius 1 is 0.420 bits per heavy atom. The first-order chi connectivity index (χ1) is 24.8. The first kappa shape index (κ1) is 27.6. The fourth-order valence-electron chi connectivity index (χ4n) is 8.00. The van der Waals surface area contributed by atoms with Crippen LogP contribution in [0.3, 0.4) is 0 Å². The quantitative estimate of drug-likeness (QED) is 0.188. The topological polar surface area (TPSA) is 21.3 Å².